The summed E-state index contributed by atoms with van der Waals surface area (Å²) in [6.07, 6.45) is 7.44. The smallest absolute Gasteiger partial charge is 0.315 e. The molecule has 4 nitrogen and oxygen atoms in total. The van der Waals surface area contributed by atoms with Gasteiger partial charge in [0, 0.05) is 13.0 Å². The van der Waals surface area contributed by atoms with Crippen molar-refractivity contribution in [3.63, 3.8) is 0 Å². The molecular weight excluding hydrogens is 192 g/mol. The molecule has 3 atom stereocenters. The maximum Gasteiger partial charge on any atom is 0.315 e. The van der Waals surface area contributed by atoms with Crippen LogP contribution in [0.1, 0.15) is 26.2 Å². The molecule has 84 valence electrons. The first-order valence-electron chi connectivity index (χ1n) is 5.67. The van der Waals surface area contributed by atoms with E-state index in [2.05, 4.69) is 23.6 Å². The molecule has 2 aliphatic heterocycles. The molecule has 3 unspecified atom stereocenters. The minimum Gasteiger partial charge on any atom is -0.365 e. The second-order valence-electron chi connectivity index (χ2n) is 4.12. The molecule has 4 heteroatoms. The van der Waals surface area contributed by atoms with Crippen LogP contribution in [0.15, 0.2) is 12.2 Å². The van der Waals surface area contributed by atoms with Crippen LogP contribution >= 0.6 is 0 Å². The third kappa shape index (κ3) is 2.50. The Labute approximate surface area is 90.1 Å². The fourth-order valence-corrected chi connectivity index (χ4v) is 2.01. The molecule has 2 rings (SSSR count). The van der Waals surface area contributed by atoms with Crippen LogP contribution in [-0.2, 0) is 4.74 Å². The number of ether oxygens (including phenoxy) is 1. The molecule has 0 spiro atoms. The topological polar surface area (TPSA) is 50.4 Å². The first-order chi connectivity index (χ1) is 7.29. The Kier molecular flexibility index (Phi) is 3.26. The largest absolute Gasteiger partial charge is 0.365 e. The van der Waals surface area contributed by atoms with Gasteiger partial charge < -0.3 is 15.4 Å². The van der Waals surface area contributed by atoms with Gasteiger partial charge in [0.1, 0.15) is 0 Å². The van der Waals surface area contributed by atoms with E-state index in [9.17, 15) is 4.79 Å². The molecule has 0 saturated carbocycles. The van der Waals surface area contributed by atoms with Crippen LogP contribution in [0.25, 0.3) is 0 Å². The van der Waals surface area contributed by atoms with Crippen molar-refractivity contribution in [1.82, 2.24) is 10.6 Å². The van der Waals surface area contributed by atoms with Gasteiger partial charge in [0.05, 0.1) is 18.2 Å². The van der Waals surface area contributed by atoms with Crippen LogP contribution in [0.4, 0.5) is 4.79 Å². The third-order valence-electron chi connectivity index (χ3n) is 2.86. The number of hydrogen-bond donors (Lipinski definition) is 2. The molecule has 0 aromatic carbocycles. The number of urea groups is 1. The van der Waals surface area contributed by atoms with E-state index in [4.69, 9.17) is 4.74 Å². The summed E-state index contributed by atoms with van der Waals surface area (Å²) in [4.78, 5) is 11.4. The Balaban J connectivity index is 1.69. The van der Waals surface area contributed by atoms with E-state index in [-0.39, 0.29) is 24.3 Å². The standard InChI is InChI=1S/C11H18N2O2/c1-2-3-6-12-11(14)13-9-7-8-4-5-10(9)15-8/h4-5,8-10H,2-3,6-7H2,1H3,(H2,12,13,14). The number of carbonyl (C=O) groups is 1. The van der Waals surface area contributed by atoms with Crippen LogP contribution in [0.3, 0.4) is 0 Å². The van der Waals surface area contributed by atoms with Crippen molar-refractivity contribution < 1.29 is 9.53 Å². The summed E-state index contributed by atoms with van der Waals surface area (Å²) in [6.45, 7) is 2.86. The maximum atomic E-state index is 11.4. The van der Waals surface area contributed by atoms with Crippen molar-refractivity contribution in [2.24, 2.45) is 0 Å². The van der Waals surface area contributed by atoms with Gasteiger partial charge in [0.15, 0.2) is 0 Å². The Morgan fingerprint density at radius 3 is 3.00 bits per heavy atom. The summed E-state index contributed by atoms with van der Waals surface area (Å²) in [5, 5.41) is 5.78. The molecule has 2 heterocycles. The lowest BCUT2D eigenvalue weighted by Gasteiger charge is -2.17. The maximum absolute atomic E-state index is 11.4. The molecule has 2 N–H and O–H groups in total. The normalized spacial score (nSPS) is 31.9. The molecule has 0 radical (unpaired) electrons. The lowest BCUT2D eigenvalue weighted by atomic mass is 10.0. The van der Waals surface area contributed by atoms with Gasteiger partial charge in [-0.1, -0.05) is 25.5 Å². The predicted molar refractivity (Wildman–Crippen MR) is 57.6 cm³/mol. The van der Waals surface area contributed by atoms with Crippen LogP contribution in [0.2, 0.25) is 0 Å². The fourth-order valence-electron chi connectivity index (χ4n) is 2.01. The summed E-state index contributed by atoms with van der Waals surface area (Å²) >= 11 is 0. The monoisotopic (exact) mass is 210 g/mol. The Hall–Kier alpha value is -1.03. The molecular formula is C11H18N2O2. The lowest BCUT2D eigenvalue weighted by Crippen LogP contribution is -2.45. The minimum absolute atomic E-state index is 0.0713. The van der Waals surface area contributed by atoms with Crippen LogP contribution in [-0.4, -0.2) is 30.8 Å². The van der Waals surface area contributed by atoms with Gasteiger partial charge in [-0.25, -0.2) is 4.79 Å². The molecule has 0 aromatic heterocycles. The zero-order chi connectivity index (χ0) is 10.7. The van der Waals surface area contributed by atoms with E-state index in [1.54, 1.807) is 0 Å². The average molecular weight is 210 g/mol. The zero-order valence-corrected chi connectivity index (χ0v) is 9.03. The van der Waals surface area contributed by atoms with Gasteiger partial charge in [-0.2, -0.15) is 0 Å². The summed E-state index contributed by atoms with van der Waals surface area (Å²) < 4.78 is 5.56. The lowest BCUT2D eigenvalue weighted by molar-refractivity contribution is 0.114. The van der Waals surface area contributed by atoms with E-state index in [0.717, 1.165) is 25.8 Å². The molecule has 15 heavy (non-hydrogen) atoms. The summed E-state index contributed by atoms with van der Waals surface area (Å²) in [7, 11) is 0. The quantitative estimate of drug-likeness (QED) is 0.541. The molecule has 2 aliphatic rings. The van der Waals surface area contributed by atoms with Gasteiger partial charge in [-0.3, -0.25) is 0 Å². The summed E-state index contributed by atoms with van der Waals surface area (Å²) in [5.41, 5.74) is 0. The zero-order valence-electron chi connectivity index (χ0n) is 9.03. The van der Waals surface area contributed by atoms with E-state index in [1.165, 1.54) is 0 Å². The minimum atomic E-state index is -0.0713. The molecule has 0 aromatic rings. The van der Waals surface area contributed by atoms with Crippen LogP contribution < -0.4 is 10.6 Å². The summed E-state index contributed by atoms with van der Waals surface area (Å²) in [5.74, 6) is 0. The highest BCUT2D eigenvalue weighted by molar-refractivity contribution is 5.74. The van der Waals surface area contributed by atoms with Crippen LogP contribution in [0.5, 0.6) is 0 Å². The highest BCUT2D eigenvalue weighted by Gasteiger charge is 2.37. The highest BCUT2D eigenvalue weighted by Crippen LogP contribution is 2.28. The molecule has 1 saturated heterocycles. The second kappa shape index (κ2) is 4.66. The first-order valence-corrected chi connectivity index (χ1v) is 5.67. The van der Waals surface area contributed by atoms with E-state index < -0.39 is 0 Å². The number of fused-ring (bicyclic) bond motifs is 2. The Bertz CT molecular complexity index is 265. The van der Waals surface area contributed by atoms with Crippen molar-refractivity contribution in [3.05, 3.63) is 12.2 Å². The van der Waals surface area contributed by atoms with E-state index in [0.29, 0.717) is 0 Å². The van der Waals surface area contributed by atoms with Crippen molar-refractivity contribution in [2.45, 2.75) is 44.4 Å². The molecule has 0 aliphatic carbocycles. The van der Waals surface area contributed by atoms with Crippen molar-refractivity contribution in [3.8, 4) is 0 Å². The fraction of sp³-hybridized carbons (Fsp3) is 0.727. The van der Waals surface area contributed by atoms with Crippen molar-refractivity contribution in [2.75, 3.05) is 6.54 Å². The average Bonchev–Trinajstić information content (AvgIpc) is 2.79. The van der Waals surface area contributed by atoms with Gasteiger partial charge in [-0.15, -0.1) is 0 Å². The van der Waals surface area contributed by atoms with E-state index in [1.807, 2.05) is 6.08 Å². The molecule has 2 bridgehead atoms. The van der Waals surface area contributed by atoms with Gasteiger partial charge in [0.2, 0.25) is 0 Å². The van der Waals surface area contributed by atoms with Crippen LogP contribution in [0, 0.1) is 0 Å². The predicted octanol–water partition coefficient (Wildman–Crippen LogP) is 1.18. The Morgan fingerprint density at radius 2 is 2.40 bits per heavy atom. The number of rotatable bonds is 4. The number of nitrogens with one attached hydrogen (secondary N) is 2. The van der Waals surface area contributed by atoms with Gasteiger partial charge >= 0.3 is 6.03 Å². The Morgan fingerprint density at radius 1 is 1.53 bits per heavy atom. The van der Waals surface area contributed by atoms with E-state index >= 15 is 0 Å². The molecule has 2 amide bonds. The second-order valence-corrected chi connectivity index (χ2v) is 4.12. The number of hydrogen-bond acceptors (Lipinski definition) is 2. The highest BCUT2D eigenvalue weighted by atomic mass is 16.5. The van der Waals surface area contributed by atoms with Gasteiger partial charge in [0.25, 0.3) is 0 Å². The number of amides is 2. The number of carbonyl (C=O) groups excluding carboxylic acids is 1. The van der Waals surface area contributed by atoms with Crippen molar-refractivity contribution in [1.29, 1.82) is 0 Å². The first kappa shape index (κ1) is 10.5. The molecule has 1 fully saturated rings. The number of unbranched alkanes of at least 4 members (excludes halogenated alkanes) is 1. The third-order valence-corrected chi connectivity index (χ3v) is 2.86. The SMILES string of the molecule is CCCCNC(=O)NC1CC2C=CC1O2. The van der Waals surface area contributed by atoms with Crippen molar-refractivity contribution >= 4 is 6.03 Å². The summed E-state index contributed by atoms with van der Waals surface area (Å²) in [6, 6.07) is 0.0830. The van der Waals surface area contributed by atoms with Gasteiger partial charge in [-0.05, 0) is 6.42 Å².